The summed E-state index contributed by atoms with van der Waals surface area (Å²) < 4.78 is 38.5. The molecular weight excluding hydrogens is 358 g/mol. The van der Waals surface area contributed by atoms with Crippen LogP contribution in [0.25, 0.3) is 0 Å². The second-order valence-electron chi connectivity index (χ2n) is 6.41. The molecule has 0 radical (unpaired) electrons. The maximum Gasteiger partial charge on any atom is 0.474 e. The van der Waals surface area contributed by atoms with Crippen molar-refractivity contribution < 1.29 is 31.2 Å². The highest BCUT2D eigenvalue weighted by Crippen LogP contribution is 2.57. The van der Waals surface area contributed by atoms with Gasteiger partial charge in [-0.15, -0.1) is 9.38 Å². The highest BCUT2D eigenvalue weighted by molar-refractivity contribution is 7.82. The number of rotatable bonds is 6. The van der Waals surface area contributed by atoms with Crippen molar-refractivity contribution in [1.82, 2.24) is 20.2 Å². The first kappa shape index (κ1) is 16.5. The molecule has 1 unspecified atom stereocenters. The van der Waals surface area contributed by atoms with E-state index in [1.807, 2.05) is 0 Å². The van der Waals surface area contributed by atoms with E-state index in [0.29, 0.717) is 13.1 Å². The van der Waals surface area contributed by atoms with Gasteiger partial charge in [0.15, 0.2) is 0 Å². The van der Waals surface area contributed by atoms with Gasteiger partial charge in [-0.05, 0) is 24.7 Å². The standard InChI is InChI=1S/C12H17N5O7S/c13-5-7(18)9-14-15-10(22-9)23-25(20,21)24-17-8-6-16(11(17)19)4-3-12(8)1-2-12/h7-8,18H,1-6,13H2/t7-,8?/m1/s1. The number of hydrogen-bond donors (Lipinski definition) is 2. The Hall–Kier alpha value is -1.96. The molecule has 1 aliphatic carbocycles. The quantitative estimate of drug-likeness (QED) is 0.624. The van der Waals surface area contributed by atoms with Crippen LogP contribution in [0.4, 0.5) is 4.79 Å². The molecule has 1 aromatic heterocycles. The highest BCUT2D eigenvalue weighted by Gasteiger charge is 2.61. The van der Waals surface area contributed by atoms with Crippen LogP contribution in [0.1, 0.15) is 31.3 Å². The molecule has 2 saturated heterocycles. The molecule has 2 bridgehead atoms. The summed E-state index contributed by atoms with van der Waals surface area (Å²) in [6, 6.07) is -0.838. The first-order valence-corrected chi connectivity index (χ1v) is 9.11. The van der Waals surface area contributed by atoms with Crippen molar-refractivity contribution in [2.24, 2.45) is 11.1 Å². The molecule has 13 heteroatoms. The van der Waals surface area contributed by atoms with Gasteiger partial charge in [-0.2, -0.15) is 13.5 Å². The zero-order valence-electron chi connectivity index (χ0n) is 13.1. The summed E-state index contributed by atoms with van der Waals surface area (Å²) in [7, 11) is -4.66. The molecule has 1 saturated carbocycles. The fourth-order valence-corrected chi connectivity index (χ4v) is 3.94. The van der Waals surface area contributed by atoms with Crippen molar-refractivity contribution in [3.8, 4) is 6.08 Å². The molecule has 12 nitrogen and oxygen atoms in total. The number of carbonyl (C=O) groups is 1. The molecule has 3 N–H and O–H groups in total. The fourth-order valence-electron chi connectivity index (χ4n) is 3.31. The van der Waals surface area contributed by atoms with E-state index in [4.69, 9.17) is 14.4 Å². The molecule has 2 atom stereocenters. The Balaban J connectivity index is 1.48. The first-order chi connectivity index (χ1) is 11.8. The van der Waals surface area contributed by atoms with Gasteiger partial charge in [-0.25, -0.2) is 4.79 Å². The summed E-state index contributed by atoms with van der Waals surface area (Å²) in [4.78, 5) is 13.8. The number of nitrogens with zero attached hydrogens (tertiary/aromatic N) is 4. The predicted octanol–water partition coefficient (Wildman–Crippen LogP) is -1.09. The van der Waals surface area contributed by atoms with Gasteiger partial charge in [-0.3, -0.25) is 0 Å². The predicted molar refractivity (Wildman–Crippen MR) is 77.8 cm³/mol. The molecule has 1 aromatic rings. The number of piperidine rings is 1. The molecule has 138 valence electrons. The smallest absolute Gasteiger partial charge is 0.390 e. The molecule has 3 aliphatic rings. The van der Waals surface area contributed by atoms with Crippen molar-refractivity contribution >= 4 is 16.4 Å². The largest absolute Gasteiger partial charge is 0.474 e. The van der Waals surface area contributed by atoms with Crippen molar-refractivity contribution in [3.05, 3.63) is 5.89 Å². The number of fused-ring (bicyclic) bond motifs is 3. The lowest BCUT2D eigenvalue weighted by Gasteiger charge is -2.30. The molecule has 3 heterocycles. The van der Waals surface area contributed by atoms with Crippen LogP contribution in [0.2, 0.25) is 0 Å². The molecule has 0 aromatic carbocycles. The molecule has 2 amide bonds. The lowest BCUT2D eigenvalue weighted by Crippen LogP contribution is -2.42. The maximum atomic E-state index is 12.3. The van der Waals surface area contributed by atoms with Crippen molar-refractivity contribution in [2.75, 3.05) is 19.6 Å². The normalized spacial score (nSPS) is 25.5. The molecule has 4 rings (SSSR count). The molecule has 25 heavy (non-hydrogen) atoms. The van der Waals surface area contributed by atoms with E-state index >= 15 is 0 Å². The zero-order chi connectivity index (χ0) is 17.8. The van der Waals surface area contributed by atoms with Gasteiger partial charge in [0.1, 0.15) is 6.10 Å². The summed E-state index contributed by atoms with van der Waals surface area (Å²) >= 11 is 0. The summed E-state index contributed by atoms with van der Waals surface area (Å²) in [5, 5.41) is 17.1. The second-order valence-corrected chi connectivity index (χ2v) is 7.54. The van der Waals surface area contributed by atoms with Crippen molar-refractivity contribution in [2.45, 2.75) is 31.4 Å². The van der Waals surface area contributed by atoms with Gasteiger partial charge in [0, 0.05) is 19.6 Å². The summed E-state index contributed by atoms with van der Waals surface area (Å²) in [5.41, 5.74) is 5.17. The average Bonchev–Trinajstić information content (AvgIpc) is 3.11. The summed E-state index contributed by atoms with van der Waals surface area (Å²) in [5.74, 6) is -0.288. The third kappa shape index (κ3) is 2.82. The van der Waals surface area contributed by atoms with Crippen LogP contribution < -0.4 is 9.92 Å². The third-order valence-electron chi connectivity index (χ3n) is 4.89. The van der Waals surface area contributed by atoms with Gasteiger partial charge in [0.05, 0.1) is 6.04 Å². The second kappa shape index (κ2) is 5.52. The topological polar surface area (TPSA) is 161 Å². The van der Waals surface area contributed by atoms with Gasteiger partial charge >= 0.3 is 22.5 Å². The number of aromatic nitrogens is 2. The fraction of sp³-hybridized carbons (Fsp3) is 0.750. The first-order valence-electron chi connectivity index (χ1n) is 7.77. The minimum absolute atomic E-state index is 0.0684. The van der Waals surface area contributed by atoms with Crippen LogP contribution in [0.3, 0.4) is 0 Å². The van der Waals surface area contributed by atoms with Crippen LogP contribution in [0.5, 0.6) is 6.08 Å². The van der Waals surface area contributed by atoms with Gasteiger partial charge in [0.25, 0.3) is 0 Å². The number of aliphatic hydroxyl groups excluding tert-OH is 1. The molecular formula is C12H17N5O7S. The number of aliphatic hydroxyl groups is 1. The highest BCUT2D eigenvalue weighted by atomic mass is 32.3. The minimum Gasteiger partial charge on any atom is -0.390 e. The van der Waals surface area contributed by atoms with Crippen LogP contribution in [-0.4, -0.2) is 65.4 Å². The Kier molecular flexibility index (Phi) is 3.64. The Bertz CT molecular complexity index is 792. The lowest BCUT2D eigenvalue weighted by atomic mass is 9.90. The third-order valence-corrected chi connectivity index (χ3v) is 5.58. The van der Waals surface area contributed by atoms with E-state index in [1.54, 1.807) is 4.90 Å². The lowest BCUT2D eigenvalue weighted by molar-refractivity contribution is -0.0513. The van der Waals surface area contributed by atoms with Crippen LogP contribution in [0, 0.1) is 5.41 Å². The Morgan fingerprint density at radius 1 is 1.40 bits per heavy atom. The Morgan fingerprint density at radius 3 is 2.84 bits per heavy atom. The molecule has 2 aliphatic heterocycles. The van der Waals surface area contributed by atoms with E-state index in [2.05, 4.69) is 14.4 Å². The van der Waals surface area contributed by atoms with E-state index in [-0.39, 0.29) is 23.9 Å². The van der Waals surface area contributed by atoms with Gasteiger partial charge < -0.3 is 24.3 Å². The van der Waals surface area contributed by atoms with E-state index in [9.17, 15) is 18.3 Å². The van der Waals surface area contributed by atoms with Crippen LogP contribution >= 0.6 is 0 Å². The number of carbonyl (C=O) groups excluding carboxylic acids is 1. The maximum absolute atomic E-state index is 12.3. The number of urea groups is 1. The molecule has 1 spiro atoms. The minimum atomic E-state index is -4.66. The molecule has 3 fully saturated rings. The number of nitrogens with two attached hydrogens (primary N) is 1. The van der Waals surface area contributed by atoms with E-state index in [0.717, 1.165) is 24.3 Å². The van der Waals surface area contributed by atoms with E-state index in [1.165, 1.54) is 0 Å². The zero-order valence-corrected chi connectivity index (χ0v) is 13.9. The number of hydroxylamine groups is 2. The van der Waals surface area contributed by atoms with E-state index < -0.39 is 28.6 Å². The summed E-state index contributed by atoms with van der Waals surface area (Å²) in [6.45, 7) is 0.828. The van der Waals surface area contributed by atoms with Crippen molar-refractivity contribution in [1.29, 1.82) is 0 Å². The van der Waals surface area contributed by atoms with Gasteiger partial charge in [0.2, 0.25) is 5.89 Å². The SMILES string of the molecule is NC[C@@H](O)c1nnc(OS(=O)(=O)ON2C(=O)N3CCC4(CC4)C2C3)o1. The monoisotopic (exact) mass is 375 g/mol. The average molecular weight is 375 g/mol. The van der Waals surface area contributed by atoms with Crippen LogP contribution in [-0.2, 0) is 14.7 Å². The Labute approximate surface area is 142 Å². The van der Waals surface area contributed by atoms with Crippen molar-refractivity contribution in [3.63, 3.8) is 0 Å². The number of hydrogen-bond acceptors (Lipinski definition) is 10. The Morgan fingerprint density at radius 2 is 2.16 bits per heavy atom. The van der Waals surface area contributed by atoms with Gasteiger partial charge in [-0.1, -0.05) is 5.10 Å². The van der Waals surface area contributed by atoms with Crippen LogP contribution in [0.15, 0.2) is 4.42 Å². The number of amides is 2. The summed E-state index contributed by atoms with van der Waals surface area (Å²) in [6.07, 6.45) is 0.718.